The predicted molar refractivity (Wildman–Crippen MR) is 80.4 cm³/mol. The lowest BCUT2D eigenvalue weighted by atomic mass is 9.87. The molecule has 2 fully saturated rings. The number of aromatic nitrogens is 2. The third-order valence-corrected chi connectivity index (χ3v) is 4.67. The minimum absolute atomic E-state index is 0.129. The van der Waals surface area contributed by atoms with E-state index in [1.54, 1.807) is 0 Å². The van der Waals surface area contributed by atoms with Gasteiger partial charge in [-0.1, -0.05) is 25.9 Å². The highest BCUT2D eigenvalue weighted by molar-refractivity contribution is 5.76. The zero-order valence-corrected chi connectivity index (χ0v) is 13.7. The van der Waals surface area contributed by atoms with Crippen molar-refractivity contribution in [2.75, 3.05) is 26.3 Å². The van der Waals surface area contributed by atoms with Crippen molar-refractivity contribution in [3.8, 4) is 0 Å². The van der Waals surface area contributed by atoms with Crippen molar-refractivity contribution >= 4 is 5.91 Å². The van der Waals surface area contributed by atoms with Gasteiger partial charge in [0, 0.05) is 43.4 Å². The van der Waals surface area contributed by atoms with Crippen LogP contribution in [-0.2, 0) is 21.4 Å². The summed E-state index contributed by atoms with van der Waals surface area (Å²) in [7, 11) is 0. The molecule has 1 spiro atoms. The molecule has 1 aromatic heterocycles. The standard InChI is InChI=1S/C16H25N3O3/c1-15(2,3)14-17-12(22-18-14)4-5-13(20)19-8-6-16(10-19)7-9-21-11-16/h4-11H2,1-3H3. The van der Waals surface area contributed by atoms with E-state index >= 15 is 0 Å². The summed E-state index contributed by atoms with van der Waals surface area (Å²) < 4.78 is 10.7. The van der Waals surface area contributed by atoms with Crippen LogP contribution in [0.15, 0.2) is 4.52 Å². The normalized spacial score (nSPS) is 25.3. The lowest BCUT2D eigenvalue weighted by Crippen LogP contribution is -2.32. The van der Waals surface area contributed by atoms with Gasteiger partial charge in [-0.3, -0.25) is 4.79 Å². The largest absolute Gasteiger partial charge is 0.381 e. The van der Waals surface area contributed by atoms with Gasteiger partial charge in [0.2, 0.25) is 11.8 Å². The van der Waals surface area contributed by atoms with E-state index in [0.717, 1.165) is 39.1 Å². The van der Waals surface area contributed by atoms with Crippen molar-refractivity contribution in [1.82, 2.24) is 15.0 Å². The molecule has 2 saturated heterocycles. The van der Waals surface area contributed by atoms with E-state index in [1.807, 2.05) is 25.7 Å². The van der Waals surface area contributed by atoms with Crippen LogP contribution >= 0.6 is 0 Å². The number of rotatable bonds is 3. The van der Waals surface area contributed by atoms with Gasteiger partial charge in [0.15, 0.2) is 5.82 Å². The molecule has 2 aliphatic heterocycles. The predicted octanol–water partition coefficient (Wildman–Crippen LogP) is 1.94. The van der Waals surface area contributed by atoms with Crippen LogP contribution in [0.3, 0.4) is 0 Å². The molecular formula is C16H25N3O3. The monoisotopic (exact) mass is 307 g/mol. The second-order valence-corrected chi connectivity index (χ2v) is 7.63. The summed E-state index contributed by atoms with van der Waals surface area (Å²) >= 11 is 0. The maximum atomic E-state index is 12.4. The molecule has 0 bridgehead atoms. The Morgan fingerprint density at radius 3 is 2.82 bits per heavy atom. The molecule has 3 heterocycles. The molecule has 0 aromatic carbocycles. The topological polar surface area (TPSA) is 68.5 Å². The fraction of sp³-hybridized carbons (Fsp3) is 0.812. The Bertz CT molecular complexity index is 541. The first-order chi connectivity index (χ1) is 10.4. The van der Waals surface area contributed by atoms with E-state index in [-0.39, 0.29) is 16.7 Å². The number of hydrogen-bond acceptors (Lipinski definition) is 5. The molecule has 1 atom stereocenters. The SMILES string of the molecule is CC(C)(C)c1noc(CCC(=O)N2CCC3(CCOC3)C2)n1. The number of likely N-dealkylation sites (tertiary alicyclic amines) is 1. The number of aryl methyl sites for hydroxylation is 1. The summed E-state index contributed by atoms with van der Waals surface area (Å²) in [4.78, 5) is 18.7. The van der Waals surface area contributed by atoms with E-state index < -0.39 is 0 Å². The van der Waals surface area contributed by atoms with Crippen molar-refractivity contribution in [2.24, 2.45) is 5.41 Å². The third kappa shape index (κ3) is 3.16. The van der Waals surface area contributed by atoms with Gasteiger partial charge in [-0.2, -0.15) is 4.98 Å². The molecule has 0 radical (unpaired) electrons. The molecule has 6 heteroatoms. The van der Waals surface area contributed by atoms with E-state index in [0.29, 0.717) is 24.6 Å². The summed E-state index contributed by atoms with van der Waals surface area (Å²) in [5.74, 6) is 1.42. The average Bonchev–Trinajstić information content (AvgIpc) is 3.18. The molecule has 0 aliphatic carbocycles. The van der Waals surface area contributed by atoms with Crippen LogP contribution < -0.4 is 0 Å². The molecule has 3 rings (SSSR count). The fourth-order valence-electron chi connectivity index (χ4n) is 3.15. The minimum Gasteiger partial charge on any atom is -0.381 e. The molecule has 122 valence electrons. The summed E-state index contributed by atoms with van der Waals surface area (Å²) in [6.07, 6.45) is 3.09. The number of carbonyl (C=O) groups excluding carboxylic acids is 1. The van der Waals surface area contributed by atoms with Gasteiger partial charge in [0.1, 0.15) is 0 Å². The number of nitrogens with zero attached hydrogens (tertiary/aromatic N) is 3. The number of carbonyl (C=O) groups is 1. The van der Waals surface area contributed by atoms with Crippen molar-refractivity contribution in [3.05, 3.63) is 11.7 Å². The average molecular weight is 307 g/mol. The highest BCUT2D eigenvalue weighted by Crippen LogP contribution is 2.38. The molecule has 0 saturated carbocycles. The van der Waals surface area contributed by atoms with E-state index in [2.05, 4.69) is 10.1 Å². The summed E-state index contributed by atoms with van der Waals surface area (Å²) in [5.41, 5.74) is 0.0924. The van der Waals surface area contributed by atoms with Gasteiger partial charge in [-0.05, 0) is 12.8 Å². The maximum absolute atomic E-state index is 12.4. The Labute approximate surface area is 131 Å². The molecule has 1 amide bonds. The highest BCUT2D eigenvalue weighted by atomic mass is 16.5. The van der Waals surface area contributed by atoms with E-state index in [4.69, 9.17) is 9.26 Å². The van der Waals surface area contributed by atoms with Gasteiger partial charge in [-0.15, -0.1) is 0 Å². The molecule has 1 aromatic rings. The van der Waals surface area contributed by atoms with Crippen LogP contribution in [0.25, 0.3) is 0 Å². The van der Waals surface area contributed by atoms with Crippen LogP contribution in [0.2, 0.25) is 0 Å². The zero-order valence-electron chi connectivity index (χ0n) is 13.7. The lowest BCUT2D eigenvalue weighted by molar-refractivity contribution is -0.130. The highest BCUT2D eigenvalue weighted by Gasteiger charge is 2.42. The van der Waals surface area contributed by atoms with E-state index in [1.165, 1.54) is 0 Å². The van der Waals surface area contributed by atoms with Crippen LogP contribution in [-0.4, -0.2) is 47.3 Å². The molecular weight excluding hydrogens is 282 g/mol. The quantitative estimate of drug-likeness (QED) is 0.853. The van der Waals surface area contributed by atoms with Crippen molar-refractivity contribution in [1.29, 1.82) is 0 Å². The zero-order chi connectivity index (χ0) is 15.8. The Hall–Kier alpha value is -1.43. The number of hydrogen-bond donors (Lipinski definition) is 0. The first kappa shape index (κ1) is 15.5. The number of ether oxygens (including phenoxy) is 1. The van der Waals surface area contributed by atoms with Crippen molar-refractivity contribution in [2.45, 2.75) is 51.9 Å². The van der Waals surface area contributed by atoms with Crippen LogP contribution in [0.4, 0.5) is 0 Å². The number of amides is 1. The minimum atomic E-state index is -0.129. The second-order valence-electron chi connectivity index (χ2n) is 7.63. The second kappa shape index (κ2) is 5.65. The van der Waals surface area contributed by atoms with Crippen LogP contribution in [0.1, 0.15) is 51.7 Å². The van der Waals surface area contributed by atoms with Gasteiger partial charge in [0.25, 0.3) is 0 Å². The Morgan fingerprint density at radius 2 is 2.18 bits per heavy atom. The first-order valence-corrected chi connectivity index (χ1v) is 8.07. The van der Waals surface area contributed by atoms with Gasteiger partial charge in [0.05, 0.1) is 6.61 Å². The van der Waals surface area contributed by atoms with Crippen LogP contribution in [0.5, 0.6) is 0 Å². The smallest absolute Gasteiger partial charge is 0.227 e. The Balaban J connectivity index is 1.51. The maximum Gasteiger partial charge on any atom is 0.227 e. The first-order valence-electron chi connectivity index (χ1n) is 8.07. The molecule has 2 aliphatic rings. The van der Waals surface area contributed by atoms with Crippen molar-refractivity contribution in [3.63, 3.8) is 0 Å². The van der Waals surface area contributed by atoms with Gasteiger partial charge in [-0.25, -0.2) is 0 Å². The lowest BCUT2D eigenvalue weighted by Gasteiger charge is -2.21. The summed E-state index contributed by atoms with van der Waals surface area (Å²) in [6, 6.07) is 0. The summed E-state index contributed by atoms with van der Waals surface area (Å²) in [6.45, 7) is 9.44. The van der Waals surface area contributed by atoms with Crippen molar-refractivity contribution < 1.29 is 14.1 Å². The van der Waals surface area contributed by atoms with Crippen LogP contribution in [0, 0.1) is 5.41 Å². The van der Waals surface area contributed by atoms with Gasteiger partial charge >= 0.3 is 0 Å². The Kier molecular flexibility index (Phi) is 3.97. The summed E-state index contributed by atoms with van der Waals surface area (Å²) in [5, 5.41) is 3.99. The fourth-order valence-corrected chi connectivity index (χ4v) is 3.15. The molecule has 1 unspecified atom stereocenters. The third-order valence-electron chi connectivity index (χ3n) is 4.67. The molecule has 22 heavy (non-hydrogen) atoms. The molecule has 6 nitrogen and oxygen atoms in total. The molecule has 0 N–H and O–H groups in total. The Morgan fingerprint density at radius 1 is 1.36 bits per heavy atom. The van der Waals surface area contributed by atoms with E-state index in [9.17, 15) is 4.79 Å². The van der Waals surface area contributed by atoms with Gasteiger partial charge < -0.3 is 14.2 Å².